The maximum atomic E-state index is 12.7. The number of anilines is 1. The van der Waals surface area contributed by atoms with Gasteiger partial charge in [-0.15, -0.1) is 0 Å². The summed E-state index contributed by atoms with van der Waals surface area (Å²) in [5, 5.41) is 14.9. The first-order chi connectivity index (χ1) is 13.0. The van der Waals surface area contributed by atoms with E-state index < -0.39 is 6.04 Å². The summed E-state index contributed by atoms with van der Waals surface area (Å²) in [7, 11) is 0. The lowest BCUT2D eigenvalue weighted by molar-refractivity contribution is -0.143. The summed E-state index contributed by atoms with van der Waals surface area (Å²) in [6.07, 6.45) is 1.88. The van der Waals surface area contributed by atoms with Gasteiger partial charge in [0.15, 0.2) is 0 Å². The highest BCUT2D eigenvalue weighted by Crippen LogP contribution is 2.35. The molecule has 1 aliphatic rings. The summed E-state index contributed by atoms with van der Waals surface area (Å²) < 4.78 is 12.8. The zero-order valence-corrected chi connectivity index (χ0v) is 16.1. The highest BCUT2D eigenvalue weighted by atomic mass is 16.5. The fourth-order valence-corrected chi connectivity index (χ4v) is 2.94. The predicted molar refractivity (Wildman–Crippen MR) is 100 cm³/mol. The minimum atomic E-state index is -0.466. The van der Waals surface area contributed by atoms with Crippen molar-refractivity contribution in [2.45, 2.75) is 52.7 Å². The van der Waals surface area contributed by atoms with Crippen molar-refractivity contribution >= 4 is 11.9 Å². The molecule has 3 rings (SSSR count). The second kappa shape index (κ2) is 8.20. The average molecular weight is 371 g/mol. The minimum Gasteiger partial charge on any atom is -0.494 e. The van der Waals surface area contributed by atoms with Gasteiger partial charge in [0.05, 0.1) is 18.3 Å². The molecule has 0 bridgehead atoms. The molecule has 0 saturated heterocycles. The van der Waals surface area contributed by atoms with Crippen LogP contribution in [0.1, 0.15) is 52.1 Å². The molecule has 8 nitrogen and oxygen atoms in total. The molecule has 1 aromatic carbocycles. The number of ether oxygens (including phenoxy) is 2. The average Bonchev–Trinajstić information content (AvgIpc) is 3.08. The Hall–Kier alpha value is -2.90. The zero-order valence-electron chi connectivity index (χ0n) is 16.1. The molecule has 0 saturated carbocycles. The highest BCUT2D eigenvalue weighted by molar-refractivity contribution is 5.92. The highest BCUT2D eigenvalue weighted by Gasteiger charge is 2.35. The van der Waals surface area contributed by atoms with Crippen molar-refractivity contribution in [1.82, 2.24) is 20.2 Å². The number of benzene rings is 1. The van der Waals surface area contributed by atoms with Gasteiger partial charge >= 0.3 is 5.97 Å². The third kappa shape index (κ3) is 4.10. The molecule has 0 radical (unpaired) electrons. The number of aromatic nitrogens is 4. The first-order valence-electron chi connectivity index (χ1n) is 9.20. The van der Waals surface area contributed by atoms with E-state index in [0.29, 0.717) is 23.8 Å². The zero-order chi connectivity index (χ0) is 19.4. The quantitative estimate of drug-likeness (QED) is 0.591. The monoisotopic (exact) mass is 371 g/mol. The van der Waals surface area contributed by atoms with Crippen LogP contribution in [0.25, 0.3) is 0 Å². The third-order valence-electron chi connectivity index (χ3n) is 4.24. The second-order valence-electron chi connectivity index (χ2n) is 6.74. The van der Waals surface area contributed by atoms with E-state index in [1.165, 1.54) is 0 Å². The first kappa shape index (κ1) is 18.9. The van der Waals surface area contributed by atoms with Crippen LogP contribution >= 0.6 is 0 Å². The molecule has 2 aromatic rings. The number of fused-ring (bicyclic) bond motifs is 1. The molecule has 1 atom stereocenters. The lowest BCUT2D eigenvalue weighted by Crippen LogP contribution is -2.30. The van der Waals surface area contributed by atoms with E-state index in [4.69, 9.17) is 9.47 Å². The Morgan fingerprint density at radius 1 is 1.30 bits per heavy atom. The summed E-state index contributed by atoms with van der Waals surface area (Å²) in [6.45, 7) is 8.28. The van der Waals surface area contributed by atoms with Crippen molar-refractivity contribution in [3.05, 3.63) is 41.1 Å². The van der Waals surface area contributed by atoms with Crippen LogP contribution in [-0.4, -0.2) is 38.9 Å². The molecule has 2 heterocycles. The van der Waals surface area contributed by atoms with Gasteiger partial charge in [-0.05, 0) is 55.3 Å². The number of tetrazole rings is 1. The van der Waals surface area contributed by atoms with Crippen molar-refractivity contribution in [2.24, 2.45) is 0 Å². The van der Waals surface area contributed by atoms with Crippen molar-refractivity contribution in [3.8, 4) is 5.75 Å². The second-order valence-corrected chi connectivity index (χ2v) is 6.74. The molecule has 8 heteroatoms. The molecule has 27 heavy (non-hydrogen) atoms. The molecular formula is C19H25N5O3. The smallest absolute Gasteiger partial charge is 0.338 e. The number of carbonyl (C=O) groups is 1. The van der Waals surface area contributed by atoms with Crippen LogP contribution in [-0.2, 0) is 9.53 Å². The largest absolute Gasteiger partial charge is 0.494 e. The summed E-state index contributed by atoms with van der Waals surface area (Å²) in [6, 6.07) is 7.19. The van der Waals surface area contributed by atoms with Crippen LogP contribution in [0.15, 0.2) is 35.5 Å². The van der Waals surface area contributed by atoms with Crippen molar-refractivity contribution < 1.29 is 14.3 Å². The molecule has 1 aliphatic heterocycles. The van der Waals surface area contributed by atoms with Crippen LogP contribution in [0.4, 0.5) is 5.95 Å². The van der Waals surface area contributed by atoms with Gasteiger partial charge in [0.25, 0.3) is 0 Å². The van der Waals surface area contributed by atoms with E-state index in [2.05, 4.69) is 27.8 Å². The number of nitrogens with zero attached hydrogens (tertiary/aromatic N) is 4. The first-order valence-corrected chi connectivity index (χ1v) is 9.20. The van der Waals surface area contributed by atoms with Crippen LogP contribution < -0.4 is 10.1 Å². The van der Waals surface area contributed by atoms with Gasteiger partial charge in [-0.25, -0.2) is 4.79 Å². The van der Waals surface area contributed by atoms with Gasteiger partial charge in [0.2, 0.25) is 5.95 Å². The molecule has 0 fully saturated rings. The molecular weight excluding hydrogens is 346 g/mol. The number of hydrogen-bond donors (Lipinski definition) is 1. The third-order valence-corrected chi connectivity index (χ3v) is 4.24. The maximum absolute atomic E-state index is 12.7. The van der Waals surface area contributed by atoms with Gasteiger partial charge < -0.3 is 14.8 Å². The van der Waals surface area contributed by atoms with E-state index in [9.17, 15) is 4.79 Å². The van der Waals surface area contributed by atoms with E-state index in [0.717, 1.165) is 24.2 Å². The van der Waals surface area contributed by atoms with Crippen LogP contribution in [0, 0.1) is 0 Å². The number of esters is 1. The molecule has 0 aliphatic carbocycles. The Labute approximate surface area is 158 Å². The maximum Gasteiger partial charge on any atom is 0.338 e. The van der Waals surface area contributed by atoms with Crippen molar-refractivity contribution in [3.63, 3.8) is 0 Å². The number of carbonyl (C=O) groups excluding carboxylic acids is 1. The van der Waals surface area contributed by atoms with E-state index in [-0.39, 0.29) is 12.1 Å². The Kier molecular flexibility index (Phi) is 5.73. The number of nitrogens with one attached hydrogen (secondary N) is 1. The molecule has 0 amide bonds. The van der Waals surface area contributed by atoms with Crippen LogP contribution in [0.3, 0.4) is 0 Å². The standard InChI is InChI=1S/C19H25N5O3/c1-5-6-11-26-15-9-7-14(8-10-15)17-16(18(25)27-12(2)3)13(4)20-19-21-22-23-24(17)19/h7-10,12,17H,5-6,11H2,1-4H3,(H,20,21,23). The van der Waals surface area contributed by atoms with Gasteiger partial charge in [-0.1, -0.05) is 30.6 Å². The summed E-state index contributed by atoms with van der Waals surface area (Å²) in [5.41, 5.74) is 2.04. The lowest BCUT2D eigenvalue weighted by Gasteiger charge is -2.28. The van der Waals surface area contributed by atoms with Crippen molar-refractivity contribution in [2.75, 3.05) is 11.9 Å². The Morgan fingerprint density at radius 2 is 2.04 bits per heavy atom. The minimum absolute atomic E-state index is 0.219. The fraction of sp³-hybridized carbons (Fsp3) is 0.474. The summed E-state index contributed by atoms with van der Waals surface area (Å²) in [4.78, 5) is 12.7. The number of unbranched alkanes of at least 4 members (excludes halogenated alkanes) is 1. The molecule has 144 valence electrons. The number of rotatable bonds is 7. The molecule has 1 unspecified atom stereocenters. The number of hydrogen-bond acceptors (Lipinski definition) is 7. The summed E-state index contributed by atoms with van der Waals surface area (Å²) in [5.74, 6) is 0.899. The number of allylic oxidation sites excluding steroid dienone is 1. The van der Waals surface area contributed by atoms with E-state index in [1.807, 2.05) is 45.0 Å². The van der Waals surface area contributed by atoms with E-state index in [1.54, 1.807) is 4.68 Å². The van der Waals surface area contributed by atoms with Gasteiger partial charge in [0.1, 0.15) is 11.8 Å². The van der Waals surface area contributed by atoms with Gasteiger partial charge in [-0.3, -0.25) is 0 Å². The fourth-order valence-electron chi connectivity index (χ4n) is 2.94. The lowest BCUT2D eigenvalue weighted by atomic mass is 9.95. The Morgan fingerprint density at radius 3 is 2.70 bits per heavy atom. The predicted octanol–water partition coefficient (Wildman–Crippen LogP) is 3.09. The van der Waals surface area contributed by atoms with Gasteiger partial charge in [0, 0.05) is 5.70 Å². The Balaban J connectivity index is 1.93. The SMILES string of the molecule is CCCCOc1ccc(C2C(C(=O)OC(C)C)=C(C)Nc3nnnn32)cc1. The van der Waals surface area contributed by atoms with E-state index >= 15 is 0 Å². The molecule has 1 aromatic heterocycles. The Bertz CT molecular complexity index is 826. The topological polar surface area (TPSA) is 91.2 Å². The molecule has 1 N–H and O–H groups in total. The van der Waals surface area contributed by atoms with Gasteiger partial charge in [-0.2, -0.15) is 4.68 Å². The van der Waals surface area contributed by atoms with Crippen LogP contribution in [0.2, 0.25) is 0 Å². The van der Waals surface area contributed by atoms with Crippen LogP contribution in [0.5, 0.6) is 5.75 Å². The summed E-state index contributed by atoms with van der Waals surface area (Å²) >= 11 is 0. The normalized spacial score (nSPS) is 16.1. The van der Waals surface area contributed by atoms with Crippen molar-refractivity contribution in [1.29, 1.82) is 0 Å². The molecule has 0 spiro atoms.